The molecule has 0 aliphatic carbocycles. The Morgan fingerprint density at radius 1 is 1.21 bits per heavy atom. The number of hydrogen-bond donors (Lipinski definition) is 4. The zero-order chi connectivity index (χ0) is 23.9. The van der Waals surface area contributed by atoms with Gasteiger partial charge in [-0.1, -0.05) is 0 Å². The molecule has 0 spiro atoms. The van der Waals surface area contributed by atoms with Gasteiger partial charge in [0, 0.05) is 42.6 Å². The maximum absolute atomic E-state index is 11.3. The summed E-state index contributed by atoms with van der Waals surface area (Å²) in [5.74, 6) is 0.144. The molecule has 0 aliphatic rings. The Morgan fingerprint density at radius 3 is 2.76 bits per heavy atom. The quantitative estimate of drug-likeness (QED) is 0.250. The van der Waals surface area contributed by atoms with Gasteiger partial charge in [0.25, 0.3) is 5.91 Å². The van der Waals surface area contributed by atoms with E-state index in [2.05, 4.69) is 36.6 Å². The van der Waals surface area contributed by atoms with E-state index in [-0.39, 0.29) is 11.7 Å². The highest BCUT2D eigenvalue weighted by molar-refractivity contribution is 5.91. The fraction of sp³-hybridized carbons (Fsp3) is 0.292. The predicted molar refractivity (Wildman–Crippen MR) is 128 cm³/mol. The highest BCUT2D eigenvalue weighted by atomic mass is 16.4. The number of H-pyrrole nitrogens is 1. The molecule has 4 aromatic rings. The highest BCUT2D eigenvalue weighted by Crippen LogP contribution is 2.22. The minimum atomic E-state index is -0.657. The number of primary amides is 1. The monoisotopic (exact) mass is 458 g/mol. The lowest BCUT2D eigenvalue weighted by Crippen LogP contribution is -2.23. The molecule has 10 heteroatoms. The summed E-state index contributed by atoms with van der Waals surface area (Å²) in [7, 11) is 0. The van der Waals surface area contributed by atoms with Crippen LogP contribution in [0.4, 0.5) is 5.95 Å². The molecular formula is C24H26N8O2. The molecule has 5 N–H and O–H groups in total. The number of nitrogens with two attached hydrogens (primary N) is 1. The predicted octanol–water partition coefficient (Wildman–Crippen LogP) is 2.92. The molecule has 3 heterocycles. The second-order valence-corrected chi connectivity index (χ2v) is 7.91. The number of carbonyl (C=O) groups is 1. The lowest BCUT2D eigenvalue weighted by Gasteiger charge is -2.07. The summed E-state index contributed by atoms with van der Waals surface area (Å²) in [5, 5.41) is 16.8. The Balaban J connectivity index is 1.14. The minimum Gasteiger partial charge on any atom is -0.431 e. The zero-order valence-electron chi connectivity index (χ0n) is 18.9. The number of rotatable bonds is 11. The van der Waals surface area contributed by atoms with Crippen LogP contribution in [-0.4, -0.2) is 45.5 Å². The van der Waals surface area contributed by atoms with Crippen LogP contribution in [0.25, 0.3) is 22.4 Å². The Bertz CT molecular complexity index is 1320. The molecule has 0 saturated carbocycles. The van der Waals surface area contributed by atoms with Crippen molar-refractivity contribution in [2.45, 2.75) is 26.2 Å². The lowest BCUT2D eigenvalue weighted by atomic mass is 10.1. The lowest BCUT2D eigenvalue weighted by molar-refractivity contribution is 0.0974. The van der Waals surface area contributed by atoms with Crippen LogP contribution in [0, 0.1) is 18.3 Å². The van der Waals surface area contributed by atoms with E-state index in [1.165, 1.54) is 5.56 Å². The van der Waals surface area contributed by atoms with Gasteiger partial charge in [0.15, 0.2) is 0 Å². The summed E-state index contributed by atoms with van der Waals surface area (Å²) >= 11 is 0. The number of fused-ring (bicyclic) bond motifs is 1. The number of amides is 1. The number of carbonyl (C=O) groups excluding carboxylic acids is 1. The van der Waals surface area contributed by atoms with Crippen molar-refractivity contribution in [2.75, 3.05) is 25.0 Å². The third kappa shape index (κ3) is 5.39. The number of unbranched alkanes of at least 4 members (excludes halogenated alkanes) is 1. The van der Waals surface area contributed by atoms with Gasteiger partial charge in [-0.15, -0.1) is 0 Å². The second-order valence-electron chi connectivity index (χ2n) is 7.91. The van der Waals surface area contributed by atoms with Gasteiger partial charge in [-0.05, 0) is 56.5 Å². The van der Waals surface area contributed by atoms with E-state index in [1.807, 2.05) is 24.4 Å². The van der Waals surface area contributed by atoms with Crippen LogP contribution in [0.3, 0.4) is 0 Å². The SMILES string of the molecule is Cc1nc(-c2cnc(NCCNCCCCc3c[nH]c4ccc(C#N)cc34)nc2)oc1C(N)=O. The van der Waals surface area contributed by atoms with Crippen LogP contribution in [0.2, 0.25) is 0 Å². The van der Waals surface area contributed by atoms with E-state index in [1.54, 1.807) is 19.3 Å². The minimum absolute atomic E-state index is 0.0397. The number of nitriles is 1. The van der Waals surface area contributed by atoms with Crippen molar-refractivity contribution in [2.24, 2.45) is 5.73 Å². The van der Waals surface area contributed by atoms with Crippen molar-refractivity contribution in [3.63, 3.8) is 0 Å². The number of aromatic nitrogens is 4. The van der Waals surface area contributed by atoms with Gasteiger partial charge in [0.05, 0.1) is 22.9 Å². The molecule has 4 rings (SSSR count). The zero-order valence-corrected chi connectivity index (χ0v) is 18.9. The molecule has 0 fully saturated rings. The van der Waals surface area contributed by atoms with Crippen LogP contribution in [0.15, 0.2) is 41.2 Å². The fourth-order valence-electron chi connectivity index (χ4n) is 3.69. The molecule has 0 atom stereocenters. The maximum Gasteiger partial charge on any atom is 0.286 e. The Kier molecular flexibility index (Phi) is 7.15. The molecule has 1 amide bonds. The third-order valence-corrected chi connectivity index (χ3v) is 5.45. The first-order chi connectivity index (χ1) is 16.5. The van der Waals surface area contributed by atoms with Gasteiger partial charge >= 0.3 is 0 Å². The summed E-state index contributed by atoms with van der Waals surface area (Å²) in [6, 6.07) is 7.94. The number of oxazole rings is 1. The first kappa shape index (κ1) is 22.9. The van der Waals surface area contributed by atoms with E-state index in [0.717, 1.165) is 43.3 Å². The van der Waals surface area contributed by atoms with E-state index >= 15 is 0 Å². The molecule has 0 aliphatic heterocycles. The third-order valence-electron chi connectivity index (χ3n) is 5.45. The number of nitrogens with zero attached hydrogens (tertiary/aromatic N) is 4. The van der Waals surface area contributed by atoms with Crippen molar-refractivity contribution < 1.29 is 9.21 Å². The van der Waals surface area contributed by atoms with Gasteiger partial charge in [0.1, 0.15) is 0 Å². The van der Waals surface area contributed by atoms with Crippen LogP contribution in [0.5, 0.6) is 0 Å². The molecular weight excluding hydrogens is 432 g/mol. The maximum atomic E-state index is 11.3. The molecule has 0 radical (unpaired) electrons. The van der Waals surface area contributed by atoms with Gasteiger partial charge < -0.3 is 25.8 Å². The molecule has 34 heavy (non-hydrogen) atoms. The van der Waals surface area contributed by atoms with Crippen molar-refractivity contribution in [3.8, 4) is 17.5 Å². The number of aromatic amines is 1. The highest BCUT2D eigenvalue weighted by Gasteiger charge is 2.16. The topological polar surface area (TPSA) is 159 Å². The number of hydrogen-bond acceptors (Lipinski definition) is 8. The summed E-state index contributed by atoms with van der Waals surface area (Å²) in [6.45, 7) is 4.04. The van der Waals surface area contributed by atoms with Gasteiger partial charge in [-0.25, -0.2) is 15.0 Å². The number of nitrogens with one attached hydrogen (secondary N) is 3. The van der Waals surface area contributed by atoms with Crippen molar-refractivity contribution in [1.82, 2.24) is 25.3 Å². The van der Waals surface area contributed by atoms with Gasteiger partial charge in [0.2, 0.25) is 17.6 Å². The average Bonchev–Trinajstić information content (AvgIpc) is 3.44. The van der Waals surface area contributed by atoms with Gasteiger partial charge in [-0.3, -0.25) is 4.79 Å². The Labute approximate surface area is 196 Å². The van der Waals surface area contributed by atoms with Crippen LogP contribution < -0.4 is 16.4 Å². The molecule has 0 saturated heterocycles. The molecule has 0 unspecified atom stereocenters. The van der Waals surface area contributed by atoms with Crippen molar-refractivity contribution >= 4 is 22.8 Å². The number of anilines is 1. The fourth-order valence-corrected chi connectivity index (χ4v) is 3.69. The Hall–Kier alpha value is -4.23. The van der Waals surface area contributed by atoms with E-state index in [4.69, 9.17) is 15.4 Å². The number of benzene rings is 1. The van der Waals surface area contributed by atoms with Gasteiger partial charge in [-0.2, -0.15) is 5.26 Å². The summed E-state index contributed by atoms with van der Waals surface area (Å²) in [6.07, 6.45) is 8.30. The summed E-state index contributed by atoms with van der Waals surface area (Å²) in [5.41, 5.74) is 9.27. The largest absolute Gasteiger partial charge is 0.431 e. The molecule has 1 aromatic carbocycles. The standard InChI is InChI=1S/C24H26N8O2/c1-15-21(22(26)33)34-23(32-15)18-13-30-24(31-14-18)28-9-8-27-7-3-2-4-17-12-29-20-6-5-16(11-25)10-19(17)20/h5-6,10,12-14,27,29H,2-4,7-9H2,1H3,(H2,26,33)(H,28,30,31). The summed E-state index contributed by atoms with van der Waals surface area (Å²) in [4.78, 5) is 27.3. The smallest absolute Gasteiger partial charge is 0.286 e. The van der Waals surface area contributed by atoms with E-state index in [9.17, 15) is 4.79 Å². The van der Waals surface area contributed by atoms with Crippen LogP contribution in [0.1, 0.15) is 40.2 Å². The first-order valence-electron chi connectivity index (χ1n) is 11.1. The molecule has 10 nitrogen and oxygen atoms in total. The molecule has 3 aromatic heterocycles. The van der Waals surface area contributed by atoms with Crippen LogP contribution in [-0.2, 0) is 6.42 Å². The van der Waals surface area contributed by atoms with E-state index < -0.39 is 5.91 Å². The molecule has 0 bridgehead atoms. The first-order valence-corrected chi connectivity index (χ1v) is 11.1. The number of aryl methyl sites for hydroxylation is 2. The van der Waals surface area contributed by atoms with Crippen molar-refractivity contribution in [3.05, 3.63) is 59.4 Å². The van der Waals surface area contributed by atoms with E-state index in [0.29, 0.717) is 29.3 Å². The van der Waals surface area contributed by atoms with Crippen LogP contribution >= 0.6 is 0 Å². The second kappa shape index (κ2) is 10.6. The average molecular weight is 459 g/mol. The normalized spacial score (nSPS) is 10.9. The summed E-state index contributed by atoms with van der Waals surface area (Å²) < 4.78 is 5.39. The van der Waals surface area contributed by atoms with Crippen molar-refractivity contribution in [1.29, 1.82) is 5.26 Å². The molecule has 174 valence electrons. The Morgan fingerprint density at radius 2 is 2.03 bits per heavy atom.